The van der Waals surface area contributed by atoms with Gasteiger partial charge in [-0.3, -0.25) is 9.69 Å². The zero-order valence-corrected chi connectivity index (χ0v) is 21.3. The molecule has 1 fully saturated rings. The summed E-state index contributed by atoms with van der Waals surface area (Å²) in [6, 6.07) is 29.0. The molecule has 1 saturated heterocycles. The minimum atomic E-state index is 0.123. The molecule has 3 aromatic carbocycles. The number of benzene rings is 3. The molecular formula is C29H28N6OS. The van der Waals surface area contributed by atoms with Crippen LogP contribution in [0.5, 0.6) is 0 Å². The van der Waals surface area contributed by atoms with Gasteiger partial charge in [0.1, 0.15) is 5.52 Å². The van der Waals surface area contributed by atoms with Crippen molar-refractivity contribution >= 4 is 39.7 Å². The third kappa shape index (κ3) is 5.21. The highest BCUT2D eigenvalue weighted by atomic mass is 32.2. The maximum atomic E-state index is 13.0. The maximum Gasteiger partial charge on any atom is 0.233 e. The first-order valence-corrected chi connectivity index (χ1v) is 13.6. The lowest BCUT2D eigenvalue weighted by molar-refractivity contribution is -0.130. The number of carbonyl (C=O) groups excluding carboxylic acids is 1. The molecule has 0 N–H and O–H groups in total. The number of thioether (sulfide) groups is 1. The van der Waals surface area contributed by atoms with Crippen LogP contribution in [-0.4, -0.2) is 67.4 Å². The lowest BCUT2D eigenvalue weighted by Crippen LogP contribution is -2.48. The molecule has 186 valence electrons. The van der Waals surface area contributed by atoms with Crippen molar-refractivity contribution in [1.82, 2.24) is 29.5 Å². The van der Waals surface area contributed by atoms with Gasteiger partial charge in [-0.1, -0.05) is 90.6 Å². The van der Waals surface area contributed by atoms with Crippen LogP contribution in [0, 0.1) is 0 Å². The normalized spacial score (nSPS) is 14.4. The zero-order chi connectivity index (χ0) is 25.0. The first-order valence-electron chi connectivity index (χ1n) is 12.6. The fourth-order valence-corrected chi connectivity index (χ4v) is 5.58. The van der Waals surface area contributed by atoms with Crippen LogP contribution in [0.25, 0.3) is 22.1 Å². The Morgan fingerprint density at radius 1 is 0.757 bits per heavy atom. The summed E-state index contributed by atoms with van der Waals surface area (Å²) in [5.74, 6) is 0.433. The average molecular weight is 509 g/mol. The summed E-state index contributed by atoms with van der Waals surface area (Å²) in [6.45, 7) is 4.88. The predicted octanol–water partition coefficient (Wildman–Crippen LogP) is 4.46. The van der Waals surface area contributed by atoms with Crippen LogP contribution in [0.1, 0.15) is 11.1 Å². The van der Waals surface area contributed by atoms with E-state index >= 15 is 0 Å². The second kappa shape index (κ2) is 10.7. The lowest BCUT2D eigenvalue weighted by atomic mass is 10.2. The number of piperazine rings is 1. The Morgan fingerprint density at radius 2 is 1.41 bits per heavy atom. The molecule has 6 rings (SSSR count). The minimum Gasteiger partial charge on any atom is -0.339 e. The number of para-hydroxylation sites is 1. The molecule has 0 aliphatic carbocycles. The van der Waals surface area contributed by atoms with Crippen LogP contribution in [0.15, 0.2) is 90.1 Å². The summed E-state index contributed by atoms with van der Waals surface area (Å²) < 4.78 is 2.19. The van der Waals surface area contributed by atoms with Gasteiger partial charge in [0.2, 0.25) is 11.1 Å². The van der Waals surface area contributed by atoms with E-state index in [9.17, 15) is 4.79 Å². The first kappa shape index (κ1) is 23.6. The van der Waals surface area contributed by atoms with E-state index in [2.05, 4.69) is 68.2 Å². The Labute approximate surface area is 220 Å². The van der Waals surface area contributed by atoms with Crippen LogP contribution in [-0.2, 0) is 17.9 Å². The summed E-state index contributed by atoms with van der Waals surface area (Å²) in [5, 5.41) is 10.5. The van der Waals surface area contributed by atoms with Crippen molar-refractivity contribution in [2.45, 2.75) is 18.2 Å². The molecule has 1 amide bonds. The van der Waals surface area contributed by atoms with Gasteiger partial charge in [0.05, 0.1) is 11.3 Å². The Morgan fingerprint density at radius 3 is 2.14 bits per heavy atom. The molecule has 2 aromatic heterocycles. The van der Waals surface area contributed by atoms with Gasteiger partial charge in [-0.05, 0) is 17.2 Å². The van der Waals surface area contributed by atoms with Gasteiger partial charge in [0.15, 0.2) is 5.65 Å². The molecule has 0 saturated carbocycles. The van der Waals surface area contributed by atoms with Crippen molar-refractivity contribution in [3.8, 4) is 0 Å². The van der Waals surface area contributed by atoms with Crippen LogP contribution >= 0.6 is 11.8 Å². The molecule has 1 aliphatic rings. The van der Waals surface area contributed by atoms with Crippen LogP contribution in [0.4, 0.5) is 0 Å². The van der Waals surface area contributed by atoms with Gasteiger partial charge in [-0.15, -0.1) is 10.2 Å². The van der Waals surface area contributed by atoms with Gasteiger partial charge >= 0.3 is 0 Å². The van der Waals surface area contributed by atoms with Crippen LogP contribution < -0.4 is 0 Å². The third-order valence-corrected chi connectivity index (χ3v) is 7.66. The Bertz CT molecular complexity index is 1510. The maximum absolute atomic E-state index is 13.0. The molecule has 37 heavy (non-hydrogen) atoms. The molecule has 0 unspecified atom stereocenters. The largest absolute Gasteiger partial charge is 0.339 e. The Balaban J connectivity index is 1.14. The molecule has 1 aliphatic heterocycles. The SMILES string of the molecule is O=C(CSc1nnc2c3ccccc3n(Cc3ccccc3)c2n1)N1CCN(Cc2ccccc2)CC1. The molecule has 0 spiro atoms. The van der Waals surface area contributed by atoms with Crippen LogP contribution in [0.2, 0.25) is 0 Å². The molecule has 8 heteroatoms. The highest BCUT2D eigenvalue weighted by Crippen LogP contribution is 2.28. The van der Waals surface area contributed by atoms with Crippen molar-refractivity contribution in [1.29, 1.82) is 0 Å². The van der Waals surface area contributed by atoms with Gasteiger partial charge in [0.25, 0.3) is 0 Å². The number of aromatic nitrogens is 4. The highest BCUT2D eigenvalue weighted by Gasteiger charge is 2.22. The summed E-state index contributed by atoms with van der Waals surface area (Å²) in [4.78, 5) is 22.2. The predicted molar refractivity (Wildman–Crippen MR) is 147 cm³/mol. The first-order chi connectivity index (χ1) is 18.2. The van der Waals surface area contributed by atoms with E-state index in [0.29, 0.717) is 17.5 Å². The van der Waals surface area contributed by atoms with Gasteiger partial charge < -0.3 is 9.47 Å². The molecule has 5 aromatic rings. The van der Waals surface area contributed by atoms with Crippen molar-refractivity contribution in [2.24, 2.45) is 0 Å². The van der Waals surface area contributed by atoms with E-state index in [0.717, 1.165) is 54.8 Å². The summed E-state index contributed by atoms with van der Waals surface area (Å²) >= 11 is 1.36. The van der Waals surface area contributed by atoms with Crippen molar-refractivity contribution in [2.75, 3.05) is 31.9 Å². The Kier molecular flexibility index (Phi) is 6.84. The topological polar surface area (TPSA) is 67.2 Å². The number of carbonyl (C=O) groups is 1. The van der Waals surface area contributed by atoms with E-state index in [4.69, 9.17) is 4.98 Å². The molecule has 3 heterocycles. The second-order valence-corrected chi connectivity index (χ2v) is 10.2. The highest BCUT2D eigenvalue weighted by molar-refractivity contribution is 7.99. The smallest absolute Gasteiger partial charge is 0.233 e. The fraction of sp³-hybridized carbons (Fsp3) is 0.241. The Hall–Kier alpha value is -3.75. The number of hydrogen-bond donors (Lipinski definition) is 0. The van der Waals surface area contributed by atoms with E-state index in [1.165, 1.54) is 22.9 Å². The van der Waals surface area contributed by atoms with Gasteiger partial charge in [0, 0.05) is 44.7 Å². The quantitative estimate of drug-likeness (QED) is 0.302. The zero-order valence-electron chi connectivity index (χ0n) is 20.5. The molecule has 0 atom stereocenters. The minimum absolute atomic E-state index is 0.123. The van der Waals surface area contributed by atoms with Gasteiger partial charge in [-0.2, -0.15) is 0 Å². The number of nitrogens with zero attached hydrogens (tertiary/aromatic N) is 6. The monoisotopic (exact) mass is 508 g/mol. The van der Waals surface area contributed by atoms with Crippen molar-refractivity contribution in [3.63, 3.8) is 0 Å². The lowest BCUT2D eigenvalue weighted by Gasteiger charge is -2.34. The standard InChI is InChI=1S/C29H28N6OS/c36-26(34-17-15-33(16-18-34)19-22-9-3-1-4-10-22)21-37-29-30-28-27(31-32-29)24-13-7-8-14-25(24)35(28)20-23-11-5-2-6-12-23/h1-14H,15-21H2. The van der Waals surface area contributed by atoms with E-state index in [1.54, 1.807) is 0 Å². The third-order valence-electron chi connectivity index (χ3n) is 6.84. The summed E-state index contributed by atoms with van der Waals surface area (Å²) in [5.41, 5.74) is 5.16. The van der Waals surface area contributed by atoms with E-state index in [-0.39, 0.29) is 5.91 Å². The fourth-order valence-electron chi connectivity index (χ4n) is 4.89. The molecular weight excluding hydrogens is 480 g/mol. The number of rotatable bonds is 7. The van der Waals surface area contributed by atoms with E-state index in [1.807, 2.05) is 41.3 Å². The van der Waals surface area contributed by atoms with Crippen molar-refractivity contribution < 1.29 is 4.79 Å². The number of fused-ring (bicyclic) bond motifs is 3. The molecule has 7 nitrogen and oxygen atoms in total. The van der Waals surface area contributed by atoms with Crippen LogP contribution in [0.3, 0.4) is 0 Å². The summed E-state index contributed by atoms with van der Waals surface area (Å²) in [7, 11) is 0. The average Bonchev–Trinajstić information content (AvgIpc) is 3.26. The van der Waals surface area contributed by atoms with Crippen molar-refractivity contribution in [3.05, 3.63) is 96.1 Å². The molecule has 0 bridgehead atoms. The number of amides is 1. The second-order valence-electron chi connectivity index (χ2n) is 9.29. The van der Waals surface area contributed by atoms with E-state index < -0.39 is 0 Å². The van der Waals surface area contributed by atoms with Gasteiger partial charge in [-0.25, -0.2) is 4.98 Å². The summed E-state index contributed by atoms with van der Waals surface area (Å²) in [6.07, 6.45) is 0. The number of hydrogen-bond acceptors (Lipinski definition) is 6. The molecule has 0 radical (unpaired) electrons.